The minimum absolute atomic E-state index is 0.0295. The number of sulfone groups is 1. The summed E-state index contributed by atoms with van der Waals surface area (Å²) in [5.74, 6) is -0.204. The molecule has 0 radical (unpaired) electrons. The van der Waals surface area contributed by atoms with E-state index < -0.39 is 28.5 Å². The fraction of sp³-hybridized carbons (Fsp3) is 0.476. The number of hydrogen-bond donors (Lipinski definition) is 3. The first kappa shape index (κ1) is 23.6. The molecule has 1 heterocycles. The van der Waals surface area contributed by atoms with E-state index in [0.717, 1.165) is 31.9 Å². The molecule has 3 rings (SSSR count). The molecule has 1 fully saturated rings. The highest BCUT2D eigenvalue weighted by atomic mass is 35.5. The first-order valence-electron chi connectivity index (χ1n) is 10.1. The van der Waals surface area contributed by atoms with Crippen LogP contribution in [0.5, 0.6) is 0 Å². The lowest BCUT2D eigenvalue weighted by molar-refractivity contribution is -0.118. The number of nitrogens with zero attached hydrogens (tertiary/aromatic N) is 2. The molecule has 0 bridgehead atoms. The van der Waals surface area contributed by atoms with Crippen molar-refractivity contribution >= 4 is 33.2 Å². The van der Waals surface area contributed by atoms with Gasteiger partial charge in [0, 0.05) is 6.26 Å². The summed E-state index contributed by atoms with van der Waals surface area (Å²) in [5, 5.41) is 21.4. The van der Waals surface area contributed by atoms with Crippen molar-refractivity contribution in [3.63, 3.8) is 0 Å². The Hall–Kier alpha value is -2.07. The van der Waals surface area contributed by atoms with Crippen LogP contribution in [0.15, 0.2) is 35.5 Å². The summed E-state index contributed by atoms with van der Waals surface area (Å²) in [5.41, 5.74) is 0.841. The van der Waals surface area contributed by atoms with Crippen LogP contribution in [0.2, 0.25) is 5.02 Å². The summed E-state index contributed by atoms with van der Waals surface area (Å²) < 4.78 is 23.7. The number of amides is 1. The number of aliphatic hydroxyl groups excluding tert-OH is 2. The van der Waals surface area contributed by atoms with E-state index in [1.807, 2.05) is 0 Å². The fourth-order valence-electron chi connectivity index (χ4n) is 3.89. The Bertz CT molecular complexity index is 1020. The number of aliphatic hydroxyl groups is 2. The van der Waals surface area contributed by atoms with E-state index in [0.29, 0.717) is 17.9 Å². The molecule has 2 aromatic rings. The molecule has 1 aliphatic rings. The third-order valence-electron chi connectivity index (χ3n) is 5.56. The number of halogens is 1. The average molecular weight is 468 g/mol. The lowest BCUT2D eigenvalue weighted by Crippen LogP contribution is -2.24. The highest BCUT2D eigenvalue weighted by Crippen LogP contribution is 2.36. The molecule has 2 unspecified atom stereocenters. The SMILES string of the molecule is CS(=O)(=O)c1ccc(C(CC2CCCC2)C(=O)Nc2cnc(C(O)CO)cn2)cc1Cl. The Labute approximate surface area is 186 Å². The number of carbonyl (C=O) groups is 1. The molecule has 1 amide bonds. The predicted octanol–water partition coefficient (Wildman–Crippen LogP) is 2.86. The van der Waals surface area contributed by atoms with E-state index in [9.17, 15) is 18.3 Å². The molecular weight excluding hydrogens is 442 g/mol. The van der Waals surface area contributed by atoms with Gasteiger partial charge in [0.1, 0.15) is 6.10 Å². The van der Waals surface area contributed by atoms with Crippen molar-refractivity contribution in [2.24, 2.45) is 5.92 Å². The smallest absolute Gasteiger partial charge is 0.233 e. The number of aromatic nitrogens is 2. The van der Waals surface area contributed by atoms with Gasteiger partial charge in [0.15, 0.2) is 15.7 Å². The number of nitrogens with one attached hydrogen (secondary N) is 1. The van der Waals surface area contributed by atoms with Crippen LogP contribution in [0, 0.1) is 5.92 Å². The van der Waals surface area contributed by atoms with Gasteiger partial charge in [0.25, 0.3) is 0 Å². The van der Waals surface area contributed by atoms with Crippen molar-refractivity contribution in [1.29, 1.82) is 0 Å². The van der Waals surface area contributed by atoms with E-state index in [-0.39, 0.29) is 27.3 Å². The topological polar surface area (TPSA) is 129 Å². The maximum absolute atomic E-state index is 13.1. The van der Waals surface area contributed by atoms with E-state index in [1.165, 1.54) is 18.5 Å². The molecule has 0 saturated heterocycles. The van der Waals surface area contributed by atoms with E-state index in [4.69, 9.17) is 16.7 Å². The molecule has 0 aliphatic heterocycles. The van der Waals surface area contributed by atoms with E-state index in [1.54, 1.807) is 12.1 Å². The van der Waals surface area contributed by atoms with Gasteiger partial charge in [-0.15, -0.1) is 0 Å². The molecule has 1 saturated carbocycles. The summed E-state index contributed by atoms with van der Waals surface area (Å²) in [6, 6.07) is 4.62. The third kappa shape index (κ3) is 6.00. The minimum Gasteiger partial charge on any atom is -0.393 e. The van der Waals surface area contributed by atoms with Crippen molar-refractivity contribution in [3.8, 4) is 0 Å². The Balaban J connectivity index is 1.84. The zero-order chi connectivity index (χ0) is 22.6. The number of benzene rings is 1. The lowest BCUT2D eigenvalue weighted by atomic mass is 9.87. The van der Waals surface area contributed by atoms with Gasteiger partial charge in [-0.25, -0.2) is 13.4 Å². The summed E-state index contributed by atoms with van der Waals surface area (Å²) in [7, 11) is -3.47. The predicted molar refractivity (Wildman–Crippen MR) is 117 cm³/mol. The molecule has 1 aliphatic carbocycles. The lowest BCUT2D eigenvalue weighted by Gasteiger charge is -2.21. The van der Waals surface area contributed by atoms with Crippen LogP contribution in [0.3, 0.4) is 0 Å². The first-order chi connectivity index (χ1) is 14.7. The number of anilines is 1. The quantitative estimate of drug-likeness (QED) is 0.544. The standard InChI is InChI=1S/C21H26ClN3O5S/c1-31(29,30)19-7-6-14(9-16(19)22)15(8-13-4-2-3-5-13)21(28)25-20-11-23-17(10-24-20)18(27)12-26/h6-7,9-11,13,15,18,26-27H,2-5,8,12H2,1H3,(H,24,25,28). The van der Waals surface area contributed by atoms with Crippen LogP contribution in [0.25, 0.3) is 0 Å². The normalized spacial score (nSPS) is 16.8. The van der Waals surface area contributed by atoms with Crippen LogP contribution in [0.1, 0.15) is 55.4 Å². The fourth-order valence-corrected chi connectivity index (χ4v) is 5.23. The molecule has 0 spiro atoms. The molecule has 1 aromatic heterocycles. The molecule has 168 valence electrons. The second kappa shape index (κ2) is 10.0. The van der Waals surface area contributed by atoms with Crippen molar-refractivity contribution in [2.75, 3.05) is 18.2 Å². The molecule has 1 aromatic carbocycles. The number of hydrogen-bond acceptors (Lipinski definition) is 7. The highest BCUT2D eigenvalue weighted by Gasteiger charge is 2.28. The zero-order valence-electron chi connectivity index (χ0n) is 17.2. The monoisotopic (exact) mass is 467 g/mol. The van der Waals surface area contributed by atoms with Crippen molar-refractivity contribution in [2.45, 2.75) is 49.0 Å². The largest absolute Gasteiger partial charge is 0.393 e. The molecule has 10 heteroatoms. The van der Waals surface area contributed by atoms with E-state index in [2.05, 4.69) is 15.3 Å². The van der Waals surface area contributed by atoms with Crippen molar-refractivity contribution in [3.05, 3.63) is 46.9 Å². The number of carbonyl (C=O) groups excluding carboxylic acids is 1. The van der Waals surface area contributed by atoms with Crippen LogP contribution >= 0.6 is 11.6 Å². The number of rotatable bonds is 8. The summed E-state index contributed by atoms with van der Waals surface area (Å²) in [4.78, 5) is 21.3. The third-order valence-corrected chi connectivity index (χ3v) is 7.14. The van der Waals surface area contributed by atoms with Crippen LogP contribution in [0.4, 0.5) is 5.82 Å². The zero-order valence-corrected chi connectivity index (χ0v) is 18.7. The van der Waals surface area contributed by atoms with Crippen LogP contribution in [-0.2, 0) is 14.6 Å². The Morgan fingerprint density at radius 3 is 2.52 bits per heavy atom. The van der Waals surface area contributed by atoms with Crippen LogP contribution < -0.4 is 5.32 Å². The Kier molecular flexibility index (Phi) is 7.64. The maximum atomic E-state index is 13.1. The van der Waals surface area contributed by atoms with Gasteiger partial charge in [0.2, 0.25) is 5.91 Å². The van der Waals surface area contributed by atoms with Crippen molar-refractivity contribution in [1.82, 2.24) is 9.97 Å². The highest BCUT2D eigenvalue weighted by molar-refractivity contribution is 7.90. The van der Waals surface area contributed by atoms with Gasteiger partial charge in [-0.05, 0) is 30.0 Å². The molecular formula is C21H26ClN3O5S. The van der Waals surface area contributed by atoms with Gasteiger partial charge in [-0.2, -0.15) is 0 Å². The molecule has 31 heavy (non-hydrogen) atoms. The van der Waals surface area contributed by atoms with Gasteiger partial charge in [-0.3, -0.25) is 9.78 Å². The Morgan fingerprint density at radius 1 is 1.26 bits per heavy atom. The average Bonchev–Trinajstić information content (AvgIpc) is 3.24. The maximum Gasteiger partial charge on any atom is 0.233 e. The minimum atomic E-state index is -3.47. The van der Waals surface area contributed by atoms with Gasteiger partial charge in [0.05, 0.1) is 40.5 Å². The summed E-state index contributed by atoms with van der Waals surface area (Å²) in [6.45, 7) is -0.478. The van der Waals surface area contributed by atoms with E-state index >= 15 is 0 Å². The van der Waals surface area contributed by atoms with Gasteiger partial charge < -0.3 is 15.5 Å². The second-order valence-corrected chi connectivity index (χ2v) is 10.3. The molecule has 2 atom stereocenters. The summed E-state index contributed by atoms with van der Waals surface area (Å²) in [6.07, 6.45) is 7.54. The molecule has 3 N–H and O–H groups in total. The van der Waals surface area contributed by atoms with Crippen LogP contribution in [-0.4, -0.2) is 47.4 Å². The van der Waals surface area contributed by atoms with Gasteiger partial charge in [-0.1, -0.05) is 43.4 Å². The second-order valence-electron chi connectivity index (χ2n) is 7.91. The van der Waals surface area contributed by atoms with Gasteiger partial charge >= 0.3 is 0 Å². The Morgan fingerprint density at radius 2 is 1.97 bits per heavy atom. The van der Waals surface area contributed by atoms with Crippen molar-refractivity contribution < 1.29 is 23.4 Å². The summed E-state index contributed by atoms with van der Waals surface area (Å²) >= 11 is 6.22. The molecule has 8 nitrogen and oxygen atoms in total. The first-order valence-corrected chi connectivity index (χ1v) is 12.4.